The van der Waals surface area contributed by atoms with Crippen molar-refractivity contribution in [2.75, 3.05) is 13.8 Å². The minimum Gasteiger partial charge on any atom is -0.455 e. The van der Waals surface area contributed by atoms with E-state index in [1.54, 1.807) is 16.9 Å². The molecule has 2 heterocycles. The summed E-state index contributed by atoms with van der Waals surface area (Å²) in [6.07, 6.45) is 2.82. The lowest BCUT2D eigenvalue weighted by molar-refractivity contribution is -0.129. The molecule has 1 aromatic heterocycles. The van der Waals surface area contributed by atoms with E-state index in [1.165, 1.54) is 7.05 Å². The molecule has 146 valence electrons. The maximum absolute atomic E-state index is 12.7. The van der Waals surface area contributed by atoms with E-state index >= 15 is 0 Å². The van der Waals surface area contributed by atoms with Crippen LogP contribution < -0.4 is 4.74 Å². The molecule has 1 fully saturated rings. The topological polar surface area (TPSA) is 84.7 Å². The Balaban J connectivity index is 1.75. The molecular weight excluding hydrogens is 368 g/mol. The van der Waals surface area contributed by atoms with Crippen LogP contribution in [0.5, 0.6) is 5.88 Å². The van der Waals surface area contributed by atoms with E-state index in [0.29, 0.717) is 18.2 Å². The fourth-order valence-corrected chi connectivity index (χ4v) is 4.33. The highest BCUT2D eigenvalue weighted by molar-refractivity contribution is 7.87. The smallest absolute Gasteiger partial charge is 0.309 e. The molecule has 0 aliphatic carbocycles. The molecule has 1 aliphatic heterocycles. The number of carbonyl (C=O) groups excluding carboxylic acids is 1. The Labute approximate surface area is 159 Å². The first-order valence-corrected chi connectivity index (χ1v) is 10.2. The van der Waals surface area contributed by atoms with Crippen LogP contribution >= 0.6 is 0 Å². The first kappa shape index (κ1) is 19.4. The Bertz CT molecular complexity index is 895. The molecule has 8 nitrogen and oxygen atoms in total. The Hall–Kier alpha value is -2.39. The van der Waals surface area contributed by atoms with Gasteiger partial charge in [0, 0.05) is 13.1 Å². The fourth-order valence-electron chi connectivity index (χ4n) is 2.97. The van der Waals surface area contributed by atoms with E-state index < -0.39 is 22.2 Å². The third-order valence-corrected chi connectivity index (χ3v) is 6.39. The van der Waals surface area contributed by atoms with Gasteiger partial charge in [0.1, 0.15) is 6.04 Å². The van der Waals surface area contributed by atoms with E-state index in [4.69, 9.17) is 4.74 Å². The van der Waals surface area contributed by atoms with Crippen LogP contribution in [0.2, 0.25) is 0 Å². The first-order chi connectivity index (χ1) is 12.8. The molecule has 27 heavy (non-hydrogen) atoms. The summed E-state index contributed by atoms with van der Waals surface area (Å²) in [5.41, 5.74) is 0.778. The van der Waals surface area contributed by atoms with Crippen molar-refractivity contribution >= 4 is 16.1 Å². The molecule has 3 rings (SSSR count). The lowest BCUT2D eigenvalue weighted by Crippen LogP contribution is -2.36. The van der Waals surface area contributed by atoms with Crippen LogP contribution in [0.1, 0.15) is 26.7 Å². The number of ether oxygens (including phenoxy) is 1. The Morgan fingerprint density at radius 1 is 1.19 bits per heavy atom. The highest BCUT2D eigenvalue weighted by Gasteiger charge is 2.48. The molecule has 0 spiro atoms. The largest absolute Gasteiger partial charge is 0.455 e. The van der Waals surface area contributed by atoms with Gasteiger partial charge in [0.05, 0.1) is 11.9 Å². The van der Waals surface area contributed by atoms with Gasteiger partial charge in [-0.25, -0.2) is 4.68 Å². The third-order valence-electron chi connectivity index (χ3n) is 4.57. The predicted octanol–water partition coefficient (Wildman–Crippen LogP) is 2.03. The molecule has 1 aromatic carbocycles. The summed E-state index contributed by atoms with van der Waals surface area (Å²) < 4.78 is 34.3. The van der Waals surface area contributed by atoms with Crippen LogP contribution in [0.4, 0.5) is 0 Å². The number of hydrogen-bond donors (Lipinski definition) is 0. The van der Waals surface area contributed by atoms with E-state index in [0.717, 1.165) is 20.7 Å². The number of aromatic nitrogens is 2. The van der Waals surface area contributed by atoms with Gasteiger partial charge in [-0.2, -0.15) is 22.1 Å². The zero-order valence-corrected chi connectivity index (χ0v) is 16.5. The van der Waals surface area contributed by atoms with E-state index in [-0.39, 0.29) is 6.73 Å². The number of amides is 1. The normalized spacial score (nSPS) is 19.8. The summed E-state index contributed by atoms with van der Waals surface area (Å²) in [7, 11) is -2.44. The number of hydrogen-bond acceptors (Lipinski definition) is 5. The van der Waals surface area contributed by atoms with E-state index in [9.17, 15) is 13.2 Å². The molecule has 0 N–H and O–H groups in total. The second kappa shape index (κ2) is 7.69. The van der Waals surface area contributed by atoms with Crippen molar-refractivity contribution in [3.05, 3.63) is 42.6 Å². The molecular formula is C18H24N4O4S. The zero-order valence-electron chi connectivity index (χ0n) is 15.6. The Morgan fingerprint density at radius 3 is 2.56 bits per heavy atom. The molecule has 9 heteroatoms. The number of para-hydroxylation sites is 1. The second-order valence-corrected chi connectivity index (χ2v) is 8.80. The van der Waals surface area contributed by atoms with Crippen molar-refractivity contribution in [1.29, 1.82) is 0 Å². The number of nitrogens with zero attached hydrogens (tertiary/aromatic N) is 4. The standard InChI is InChI=1S/C18H24N4O4S/c1-14(2)9-10-16-18(23)21(27(24,25)20(16)3)13-26-17-11-12-19-22(17)15-7-5-4-6-8-15/h4-8,11-12,14,16H,9-10,13H2,1-3H3. The van der Waals surface area contributed by atoms with Crippen molar-refractivity contribution in [2.45, 2.75) is 32.7 Å². The molecule has 1 saturated heterocycles. The predicted molar refractivity (Wildman–Crippen MR) is 100 cm³/mol. The van der Waals surface area contributed by atoms with Crippen molar-refractivity contribution in [3.63, 3.8) is 0 Å². The van der Waals surface area contributed by atoms with Gasteiger partial charge in [0.2, 0.25) is 5.88 Å². The lowest BCUT2D eigenvalue weighted by Gasteiger charge is -2.17. The molecule has 0 radical (unpaired) electrons. The zero-order chi connectivity index (χ0) is 19.6. The summed E-state index contributed by atoms with van der Waals surface area (Å²) in [4.78, 5) is 12.7. The van der Waals surface area contributed by atoms with Gasteiger partial charge >= 0.3 is 10.2 Å². The summed E-state index contributed by atoms with van der Waals surface area (Å²) >= 11 is 0. The maximum atomic E-state index is 12.7. The van der Waals surface area contributed by atoms with E-state index in [2.05, 4.69) is 5.10 Å². The van der Waals surface area contributed by atoms with Gasteiger partial charge in [0.15, 0.2) is 6.73 Å². The van der Waals surface area contributed by atoms with Crippen molar-refractivity contribution in [2.24, 2.45) is 5.92 Å². The van der Waals surface area contributed by atoms with Crippen molar-refractivity contribution in [3.8, 4) is 11.6 Å². The molecule has 0 saturated carbocycles. The van der Waals surface area contributed by atoms with Crippen molar-refractivity contribution < 1.29 is 17.9 Å². The van der Waals surface area contributed by atoms with Crippen LogP contribution in [0.15, 0.2) is 42.6 Å². The van der Waals surface area contributed by atoms with Gasteiger partial charge < -0.3 is 4.74 Å². The van der Waals surface area contributed by atoms with Gasteiger partial charge in [-0.05, 0) is 30.9 Å². The number of rotatable bonds is 7. The minimum atomic E-state index is -3.88. The van der Waals surface area contributed by atoms with Crippen LogP contribution in [0.3, 0.4) is 0 Å². The SMILES string of the molecule is CC(C)CCC1C(=O)N(COc2ccnn2-c2ccccc2)S(=O)(=O)N1C. The number of likely N-dealkylation sites (N-methyl/N-ethyl adjacent to an activating group) is 1. The Morgan fingerprint density at radius 2 is 1.89 bits per heavy atom. The minimum absolute atomic E-state index is 0.359. The van der Waals surface area contributed by atoms with Crippen LogP contribution in [0.25, 0.3) is 5.69 Å². The molecule has 0 bridgehead atoms. The average Bonchev–Trinajstić information content (AvgIpc) is 3.15. The average molecular weight is 392 g/mol. The van der Waals surface area contributed by atoms with E-state index in [1.807, 2.05) is 44.2 Å². The van der Waals surface area contributed by atoms with Crippen molar-refractivity contribution in [1.82, 2.24) is 18.4 Å². The quantitative estimate of drug-likeness (QED) is 0.720. The molecule has 1 atom stereocenters. The Kier molecular flexibility index (Phi) is 5.52. The van der Waals surface area contributed by atoms with Gasteiger partial charge in [-0.1, -0.05) is 32.0 Å². The van der Waals surface area contributed by atoms with Gasteiger partial charge in [-0.15, -0.1) is 0 Å². The lowest BCUT2D eigenvalue weighted by atomic mass is 10.0. The van der Waals surface area contributed by atoms with Gasteiger partial charge in [-0.3, -0.25) is 4.79 Å². The summed E-state index contributed by atoms with van der Waals surface area (Å²) in [6, 6.07) is 10.3. The molecule has 1 amide bonds. The van der Waals surface area contributed by atoms with Crippen LogP contribution in [0, 0.1) is 5.92 Å². The number of carbonyl (C=O) groups is 1. The van der Waals surface area contributed by atoms with Crippen LogP contribution in [-0.4, -0.2) is 52.5 Å². The molecule has 1 unspecified atom stereocenters. The monoisotopic (exact) mass is 392 g/mol. The highest BCUT2D eigenvalue weighted by Crippen LogP contribution is 2.27. The first-order valence-electron chi connectivity index (χ1n) is 8.84. The second-order valence-electron chi connectivity index (χ2n) is 6.89. The maximum Gasteiger partial charge on any atom is 0.309 e. The highest BCUT2D eigenvalue weighted by atomic mass is 32.2. The molecule has 2 aromatic rings. The summed E-state index contributed by atoms with van der Waals surface area (Å²) in [5, 5.41) is 4.19. The summed E-state index contributed by atoms with van der Waals surface area (Å²) in [6.45, 7) is 3.70. The van der Waals surface area contributed by atoms with Crippen LogP contribution in [-0.2, 0) is 15.0 Å². The number of benzene rings is 1. The fraction of sp³-hybridized carbons (Fsp3) is 0.444. The summed E-state index contributed by atoms with van der Waals surface area (Å²) in [5.74, 6) is 0.292. The van der Waals surface area contributed by atoms with Gasteiger partial charge in [0.25, 0.3) is 5.91 Å². The molecule has 1 aliphatic rings. The third kappa shape index (κ3) is 3.84.